The molecule has 0 aliphatic heterocycles. The van der Waals surface area contributed by atoms with Crippen LogP contribution in [0.25, 0.3) is 0 Å². The number of carbonyl (C=O) groups is 3. The summed E-state index contributed by atoms with van der Waals surface area (Å²) in [7, 11) is 0. The molecule has 0 bridgehead atoms. The summed E-state index contributed by atoms with van der Waals surface area (Å²) in [5, 5.41) is 17.6. The molecule has 0 aliphatic carbocycles. The summed E-state index contributed by atoms with van der Waals surface area (Å²) >= 11 is 5.78. The van der Waals surface area contributed by atoms with Crippen LogP contribution in [0.5, 0.6) is 0 Å². The first-order valence-electron chi connectivity index (χ1n) is 12.5. The summed E-state index contributed by atoms with van der Waals surface area (Å²) < 4.78 is 0. The number of hydrogen-bond acceptors (Lipinski definition) is 3. The first-order valence-corrected chi connectivity index (χ1v) is 12.9. The van der Waals surface area contributed by atoms with E-state index in [0.717, 1.165) is 64.2 Å². The first-order chi connectivity index (χ1) is 14.9. The Morgan fingerprint density at radius 3 is 1.29 bits per heavy atom. The molecule has 1 atom stereocenters. The molecule has 0 aliphatic rings. The van der Waals surface area contributed by atoms with E-state index in [1.807, 2.05) is 0 Å². The van der Waals surface area contributed by atoms with Crippen LogP contribution < -0.4 is 0 Å². The van der Waals surface area contributed by atoms with Gasteiger partial charge in [-0.15, -0.1) is 0 Å². The Morgan fingerprint density at radius 2 is 0.968 bits per heavy atom. The summed E-state index contributed by atoms with van der Waals surface area (Å²) in [5.74, 6) is -1.82. The third kappa shape index (κ3) is 15.4. The summed E-state index contributed by atoms with van der Waals surface area (Å²) in [6, 6.07) is 0. The number of rotatable bonds is 23. The highest BCUT2D eigenvalue weighted by Crippen LogP contribution is 2.35. The summed E-state index contributed by atoms with van der Waals surface area (Å²) in [6.45, 7) is 2.21. The molecule has 6 heteroatoms. The Bertz CT molecular complexity index is 478. The molecular formula is C25H45ClO5. The number of carboxylic acid groups (broad SMARTS) is 2. The van der Waals surface area contributed by atoms with Crippen molar-refractivity contribution < 1.29 is 24.6 Å². The van der Waals surface area contributed by atoms with Gasteiger partial charge in [0.05, 0.1) is 0 Å². The second-order valence-corrected chi connectivity index (χ2v) is 9.30. The smallest absolute Gasteiger partial charge is 0.318 e. The number of carbonyl (C=O) groups excluding carboxylic acids is 1. The van der Waals surface area contributed by atoms with Gasteiger partial charge in [0, 0.05) is 6.42 Å². The Morgan fingerprint density at radius 1 is 0.613 bits per heavy atom. The quantitative estimate of drug-likeness (QED) is 0.0923. The monoisotopic (exact) mass is 460 g/mol. The summed E-state index contributed by atoms with van der Waals surface area (Å²) in [4.78, 5) is 34.4. The SMILES string of the molecule is CCCCCCCCCCCC(CCCCCCCCCCC(=O)O)(C(=O)O)C(=O)Cl. The van der Waals surface area contributed by atoms with Gasteiger partial charge in [-0.25, -0.2) is 0 Å². The normalized spacial score (nSPS) is 13.1. The van der Waals surface area contributed by atoms with Gasteiger partial charge < -0.3 is 10.2 Å². The zero-order valence-electron chi connectivity index (χ0n) is 19.6. The molecule has 0 saturated heterocycles. The second-order valence-electron chi connectivity index (χ2n) is 8.96. The minimum atomic E-state index is -1.43. The van der Waals surface area contributed by atoms with Crippen LogP contribution in [0.15, 0.2) is 0 Å². The van der Waals surface area contributed by atoms with E-state index < -0.39 is 22.6 Å². The molecule has 0 aromatic heterocycles. The third-order valence-corrected chi connectivity index (χ3v) is 6.60. The highest BCUT2D eigenvalue weighted by atomic mass is 35.5. The number of unbranched alkanes of at least 4 members (excludes halogenated alkanes) is 15. The van der Waals surface area contributed by atoms with Gasteiger partial charge >= 0.3 is 11.9 Å². The van der Waals surface area contributed by atoms with Crippen molar-refractivity contribution in [1.82, 2.24) is 0 Å². The van der Waals surface area contributed by atoms with Crippen LogP contribution in [0.2, 0.25) is 0 Å². The number of hydrogen-bond donors (Lipinski definition) is 2. The molecular weight excluding hydrogens is 416 g/mol. The highest BCUT2D eigenvalue weighted by Gasteiger charge is 2.43. The molecule has 0 spiro atoms. The molecule has 0 radical (unpaired) electrons. The number of halogens is 1. The van der Waals surface area contributed by atoms with Crippen molar-refractivity contribution in [2.75, 3.05) is 0 Å². The van der Waals surface area contributed by atoms with E-state index in [1.165, 1.54) is 38.5 Å². The lowest BCUT2D eigenvalue weighted by Gasteiger charge is -2.25. The zero-order valence-corrected chi connectivity index (χ0v) is 20.4. The van der Waals surface area contributed by atoms with Crippen molar-refractivity contribution in [2.45, 2.75) is 135 Å². The van der Waals surface area contributed by atoms with Gasteiger partial charge in [0.2, 0.25) is 5.24 Å². The summed E-state index contributed by atoms with van der Waals surface area (Å²) in [5.41, 5.74) is -1.43. The fourth-order valence-corrected chi connectivity index (χ4v) is 4.39. The van der Waals surface area contributed by atoms with E-state index in [-0.39, 0.29) is 6.42 Å². The van der Waals surface area contributed by atoms with E-state index in [2.05, 4.69) is 6.92 Å². The van der Waals surface area contributed by atoms with E-state index in [4.69, 9.17) is 16.7 Å². The Kier molecular flexibility index (Phi) is 18.9. The lowest BCUT2D eigenvalue weighted by atomic mass is 9.79. The van der Waals surface area contributed by atoms with E-state index in [1.54, 1.807) is 0 Å². The maximum atomic E-state index is 12.0. The molecule has 5 nitrogen and oxygen atoms in total. The zero-order chi connectivity index (χ0) is 23.4. The van der Waals surface area contributed by atoms with Crippen LogP contribution in [0, 0.1) is 5.41 Å². The van der Waals surface area contributed by atoms with Crippen LogP contribution >= 0.6 is 11.6 Å². The van der Waals surface area contributed by atoms with Crippen molar-refractivity contribution in [1.29, 1.82) is 0 Å². The molecule has 0 amide bonds. The van der Waals surface area contributed by atoms with Gasteiger partial charge in [0.15, 0.2) is 0 Å². The van der Waals surface area contributed by atoms with Crippen molar-refractivity contribution in [3.8, 4) is 0 Å². The maximum absolute atomic E-state index is 12.0. The minimum absolute atomic E-state index is 0.239. The average Bonchev–Trinajstić information content (AvgIpc) is 2.71. The predicted molar refractivity (Wildman–Crippen MR) is 127 cm³/mol. The molecule has 0 fully saturated rings. The van der Waals surface area contributed by atoms with Gasteiger partial charge in [0.25, 0.3) is 0 Å². The van der Waals surface area contributed by atoms with E-state index in [9.17, 15) is 19.5 Å². The van der Waals surface area contributed by atoms with Gasteiger partial charge in [-0.3, -0.25) is 14.4 Å². The Balaban J connectivity index is 4.04. The molecule has 31 heavy (non-hydrogen) atoms. The number of carboxylic acids is 2. The van der Waals surface area contributed by atoms with Crippen LogP contribution in [-0.2, 0) is 14.4 Å². The van der Waals surface area contributed by atoms with Gasteiger partial charge in [-0.1, -0.05) is 110 Å². The fraction of sp³-hybridized carbons (Fsp3) is 0.880. The lowest BCUT2D eigenvalue weighted by Crippen LogP contribution is -2.37. The third-order valence-electron chi connectivity index (χ3n) is 6.24. The van der Waals surface area contributed by atoms with Crippen LogP contribution in [0.1, 0.15) is 135 Å². The molecule has 2 N–H and O–H groups in total. The Hall–Kier alpha value is -1.10. The van der Waals surface area contributed by atoms with Crippen LogP contribution in [0.3, 0.4) is 0 Å². The Labute approximate surface area is 194 Å². The topological polar surface area (TPSA) is 91.7 Å². The van der Waals surface area contributed by atoms with Gasteiger partial charge in [-0.05, 0) is 30.9 Å². The minimum Gasteiger partial charge on any atom is -0.481 e. The van der Waals surface area contributed by atoms with Gasteiger partial charge in [0.1, 0.15) is 5.41 Å². The van der Waals surface area contributed by atoms with Crippen molar-refractivity contribution in [3.05, 3.63) is 0 Å². The highest BCUT2D eigenvalue weighted by molar-refractivity contribution is 6.66. The molecule has 0 aromatic rings. The second kappa shape index (κ2) is 19.6. The molecule has 182 valence electrons. The molecule has 0 heterocycles. The molecule has 1 unspecified atom stereocenters. The van der Waals surface area contributed by atoms with Crippen LogP contribution in [-0.4, -0.2) is 27.4 Å². The van der Waals surface area contributed by atoms with Crippen LogP contribution in [0.4, 0.5) is 0 Å². The van der Waals surface area contributed by atoms with Crippen molar-refractivity contribution in [3.63, 3.8) is 0 Å². The number of aliphatic carboxylic acids is 2. The van der Waals surface area contributed by atoms with Crippen molar-refractivity contribution in [2.24, 2.45) is 5.41 Å². The predicted octanol–water partition coefficient (Wildman–Crippen LogP) is 7.73. The fourth-order valence-electron chi connectivity index (χ4n) is 4.12. The molecule has 0 rings (SSSR count). The summed E-state index contributed by atoms with van der Waals surface area (Å²) in [6.07, 6.45) is 18.6. The average molecular weight is 461 g/mol. The lowest BCUT2D eigenvalue weighted by molar-refractivity contribution is -0.153. The van der Waals surface area contributed by atoms with E-state index >= 15 is 0 Å². The van der Waals surface area contributed by atoms with E-state index in [0.29, 0.717) is 19.3 Å². The molecule has 0 aromatic carbocycles. The van der Waals surface area contributed by atoms with Gasteiger partial charge in [-0.2, -0.15) is 0 Å². The first kappa shape index (κ1) is 29.9. The maximum Gasteiger partial charge on any atom is 0.318 e. The van der Waals surface area contributed by atoms with Crippen molar-refractivity contribution >= 4 is 28.8 Å². The molecule has 0 saturated carbocycles. The standard InChI is InChI=1S/C25H45ClO5/c1-2-3-4-5-6-8-11-14-17-20-25(23(26)29,24(30)31)21-18-15-12-9-7-10-13-16-19-22(27)28/h2-21H2,1H3,(H,27,28)(H,30,31). The largest absolute Gasteiger partial charge is 0.481 e.